The summed E-state index contributed by atoms with van der Waals surface area (Å²) in [5.41, 5.74) is 9.51. The third-order valence-corrected chi connectivity index (χ3v) is 9.99. The highest BCUT2D eigenvalue weighted by molar-refractivity contribution is 6.25. The maximum Gasteiger partial charge on any atom is -0.00923 e. The molecule has 0 nitrogen and oxygen atoms in total. The maximum absolute atomic E-state index is 4.07. The van der Waals surface area contributed by atoms with E-state index in [9.17, 15) is 0 Å². The van der Waals surface area contributed by atoms with Crippen LogP contribution in [0.4, 0.5) is 0 Å². The van der Waals surface area contributed by atoms with Crippen LogP contribution in [-0.4, -0.2) is 0 Å². The van der Waals surface area contributed by atoms with E-state index < -0.39 is 0 Å². The summed E-state index contributed by atoms with van der Waals surface area (Å²) in [6.07, 6.45) is 3.81. The van der Waals surface area contributed by atoms with Crippen LogP contribution in [0.5, 0.6) is 0 Å². The van der Waals surface area contributed by atoms with Crippen molar-refractivity contribution in [3.05, 3.63) is 182 Å². The van der Waals surface area contributed by atoms with Crippen LogP contribution in [0.15, 0.2) is 171 Å². The van der Waals surface area contributed by atoms with Gasteiger partial charge in [-0.1, -0.05) is 159 Å². The Labute approximate surface area is 280 Å². The standard InChI is InChI=1S/C48H32/c1-3-31-23-24-35(27-32(31)4-2)36-25-26-43-44(28-36)46(40-22-12-16-34-14-6-8-18-38(34)40)30-47-42-20-10-9-19-41(42)45(29-48(43)47)39-21-11-15-33-13-5-7-17-37(33)39/h3-30H,1-2H2. The quantitative estimate of drug-likeness (QED) is 0.171. The van der Waals surface area contributed by atoms with E-state index in [1.807, 2.05) is 12.2 Å². The van der Waals surface area contributed by atoms with Crippen molar-refractivity contribution in [1.29, 1.82) is 0 Å². The molecule has 0 heteroatoms. The molecule has 0 N–H and O–H groups in total. The van der Waals surface area contributed by atoms with Gasteiger partial charge in [0.1, 0.15) is 0 Å². The van der Waals surface area contributed by atoms with Crippen LogP contribution in [0, 0.1) is 0 Å². The second-order valence-corrected chi connectivity index (χ2v) is 12.6. The van der Waals surface area contributed by atoms with Crippen molar-refractivity contribution in [2.24, 2.45) is 0 Å². The highest BCUT2D eigenvalue weighted by Crippen LogP contribution is 2.45. The van der Waals surface area contributed by atoms with Gasteiger partial charge in [0.05, 0.1) is 0 Å². The lowest BCUT2D eigenvalue weighted by atomic mass is 9.85. The molecule has 0 atom stereocenters. The fraction of sp³-hybridized carbons (Fsp3) is 0. The molecule has 0 amide bonds. The molecule has 0 fully saturated rings. The smallest absolute Gasteiger partial charge is 0.00923 e. The van der Waals surface area contributed by atoms with Gasteiger partial charge in [0.2, 0.25) is 0 Å². The van der Waals surface area contributed by atoms with Gasteiger partial charge in [-0.25, -0.2) is 0 Å². The van der Waals surface area contributed by atoms with Gasteiger partial charge in [-0.05, 0) is 123 Å². The average molecular weight is 609 g/mol. The first-order valence-electron chi connectivity index (χ1n) is 16.5. The molecule has 0 spiro atoms. The molecule has 0 saturated carbocycles. The molecule has 9 aromatic rings. The Kier molecular flexibility index (Phi) is 6.55. The summed E-state index contributed by atoms with van der Waals surface area (Å²) in [5, 5.41) is 12.6. The molecule has 0 unspecified atom stereocenters. The fourth-order valence-corrected chi connectivity index (χ4v) is 7.66. The minimum atomic E-state index is 1.08. The van der Waals surface area contributed by atoms with Gasteiger partial charge in [0.25, 0.3) is 0 Å². The summed E-state index contributed by atoms with van der Waals surface area (Å²) in [6.45, 7) is 8.07. The minimum Gasteiger partial charge on any atom is -0.0984 e. The number of rotatable bonds is 5. The monoisotopic (exact) mass is 608 g/mol. The van der Waals surface area contributed by atoms with Gasteiger partial charge in [0, 0.05) is 0 Å². The number of hydrogen-bond acceptors (Lipinski definition) is 0. The Morgan fingerprint density at radius 3 is 1.40 bits per heavy atom. The van der Waals surface area contributed by atoms with E-state index in [1.54, 1.807) is 0 Å². The van der Waals surface area contributed by atoms with E-state index in [0.717, 1.165) is 16.7 Å². The lowest BCUT2D eigenvalue weighted by Gasteiger charge is -2.18. The van der Waals surface area contributed by atoms with Crippen molar-refractivity contribution in [3.63, 3.8) is 0 Å². The SMILES string of the molecule is C=Cc1ccc(-c2ccc3c(c2)c(-c2cccc4ccccc24)cc2c4ccccc4c(-c4cccc5ccccc45)cc32)cc1C=C. The largest absolute Gasteiger partial charge is 0.0984 e. The van der Waals surface area contributed by atoms with Crippen LogP contribution in [-0.2, 0) is 0 Å². The van der Waals surface area contributed by atoms with Crippen molar-refractivity contribution < 1.29 is 0 Å². The van der Waals surface area contributed by atoms with Gasteiger partial charge in [-0.15, -0.1) is 0 Å². The molecule has 224 valence electrons. The minimum absolute atomic E-state index is 1.08. The van der Waals surface area contributed by atoms with E-state index in [1.165, 1.54) is 81.7 Å². The molecule has 0 aliphatic rings. The van der Waals surface area contributed by atoms with E-state index >= 15 is 0 Å². The van der Waals surface area contributed by atoms with Crippen molar-refractivity contribution in [3.8, 4) is 33.4 Å². The van der Waals surface area contributed by atoms with E-state index in [0.29, 0.717) is 0 Å². The maximum atomic E-state index is 4.07. The Morgan fingerprint density at radius 1 is 0.292 bits per heavy atom. The van der Waals surface area contributed by atoms with Crippen molar-refractivity contribution in [2.75, 3.05) is 0 Å². The first-order chi connectivity index (χ1) is 23.7. The zero-order valence-corrected chi connectivity index (χ0v) is 26.6. The van der Waals surface area contributed by atoms with Gasteiger partial charge in [-0.2, -0.15) is 0 Å². The van der Waals surface area contributed by atoms with Gasteiger partial charge in [-0.3, -0.25) is 0 Å². The third-order valence-electron chi connectivity index (χ3n) is 9.99. The molecule has 0 heterocycles. The van der Waals surface area contributed by atoms with Crippen molar-refractivity contribution in [1.82, 2.24) is 0 Å². The molecule has 0 aromatic heterocycles. The molecule has 0 radical (unpaired) electrons. The summed E-state index contributed by atoms with van der Waals surface area (Å²) in [7, 11) is 0. The average Bonchev–Trinajstić information content (AvgIpc) is 3.16. The van der Waals surface area contributed by atoms with Crippen LogP contribution in [0.25, 0.3) is 99.4 Å². The second-order valence-electron chi connectivity index (χ2n) is 12.6. The first kappa shape index (κ1) is 28.0. The fourth-order valence-electron chi connectivity index (χ4n) is 7.66. The topological polar surface area (TPSA) is 0 Å². The molecular weight excluding hydrogens is 577 g/mol. The zero-order chi connectivity index (χ0) is 32.2. The zero-order valence-electron chi connectivity index (χ0n) is 26.6. The molecular formula is C48H32. The Bertz CT molecular complexity index is 2750. The van der Waals surface area contributed by atoms with Crippen LogP contribution in [0.1, 0.15) is 11.1 Å². The lowest BCUT2D eigenvalue weighted by molar-refractivity contribution is 1.59. The summed E-state index contributed by atoms with van der Waals surface area (Å²) >= 11 is 0. The Morgan fingerprint density at radius 2 is 0.771 bits per heavy atom. The third kappa shape index (κ3) is 4.38. The lowest BCUT2D eigenvalue weighted by Crippen LogP contribution is -1.91. The van der Waals surface area contributed by atoms with Gasteiger partial charge >= 0.3 is 0 Å². The van der Waals surface area contributed by atoms with Crippen molar-refractivity contribution >= 4 is 66.0 Å². The summed E-state index contributed by atoms with van der Waals surface area (Å²) < 4.78 is 0. The predicted octanol–water partition coefficient (Wildman–Crippen LogP) is 13.7. The van der Waals surface area contributed by atoms with Crippen molar-refractivity contribution in [2.45, 2.75) is 0 Å². The molecule has 9 aromatic carbocycles. The van der Waals surface area contributed by atoms with Gasteiger partial charge in [0.15, 0.2) is 0 Å². The Balaban J connectivity index is 1.42. The van der Waals surface area contributed by atoms with Crippen LogP contribution in [0.3, 0.4) is 0 Å². The Hall–Kier alpha value is -6.24. The summed E-state index contributed by atoms with van der Waals surface area (Å²) in [6, 6.07) is 58.0. The molecule has 0 aliphatic carbocycles. The molecule has 48 heavy (non-hydrogen) atoms. The van der Waals surface area contributed by atoms with E-state index in [2.05, 4.69) is 171 Å². The molecule has 9 rings (SSSR count). The van der Waals surface area contributed by atoms with Crippen LogP contribution >= 0.6 is 0 Å². The highest BCUT2D eigenvalue weighted by atomic mass is 14.2. The van der Waals surface area contributed by atoms with E-state index in [4.69, 9.17) is 0 Å². The van der Waals surface area contributed by atoms with E-state index in [-0.39, 0.29) is 0 Å². The molecule has 0 aliphatic heterocycles. The summed E-state index contributed by atoms with van der Waals surface area (Å²) in [4.78, 5) is 0. The second kappa shape index (κ2) is 11.2. The number of hydrogen-bond donors (Lipinski definition) is 0. The normalized spacial score (nSPS) is 11.5. The van der Waals surface area contributed by atoms with Crippen LogP contribution < -0.4 is 0 Å². The number of fused-ring (bicyclic) bond motifs is 7. The highest BCUT2D eigenvalue weighted by Gasteiger charge is 2.17. The molecule has 0 saturated heterocycles. The summed E-state index contributed by atoms with van der Waals surface area (Å²) in [5.74, 6) is 0. The van der Waals surface area contributed by atoms with Crippen LogP contribution in [0.2, 0.25) is 0 Å². The first-order valence-corrected chi connectivity index (χ1v) is 16.5. The number of benzene rings is 9. The molecule has 0 bridgehead atoms. The van der Waals surface area contributed by atoms with Gasteiger partial charge < -0.3 is 0 Å². The predicted molar refractivity (Wildman–Crippen MR) is 210 cm³/mol.